The predicted octanol–water partition coefficient (Wildman–Crippen LogP) is 4.40. The summed E-state index contributed by atoms with van der Waals surface area (Å²) in [5, 5.41) is 4.02. The zero-order chi connectivity index (χ0) is 20.9. The highest BCUT2D eigenvalue weighted by Gasteiger charge is 2.33. The van der Waals surface area contributed by atoms with Crippen molar-refractivity contribution in [3.05, 3.63) is 64.4 Å². The highest BCUT2D eigenvalue weighted by Crippen LogP contribution is 2.36. The molecule has 0 saturated carbocycles. The molecule has 0 aliphatic heterocycles. The SMILES string of the molecule is COC(=O)C(Cc1ccc(F)cc1)NC(=O)Nc1ccc(Cl)c(C(F)(F)F)c1. The van der Waals surface area contributed by atoms with Gasteiger partial charge in [0.2, 0.25) is 0 Å². The van der Waals surface area contributed by atoms with Crippen molar-refractivity contribution in [2.45, 2.75) is 18.6 Å². The molecule has 2 N–H and O–H groups in total. The summed E-state index contributed by atoms with van der Waals surface area (Å²) in [6, 6.07) is 6.04. The molecule has 5 nitrogen and oxygen atoms in total. The van der Waals surface area contributed by atoms with Crippen molar-refractivity contribution in [1.82, 2.24) is 5.32 Å². The number of esters is 1. The van der Waals surface area contributed by atoms with Gasteiger partial charge < -0.3 is 15.4 Å². The summed E-state index contributed by atoms with van der Waals surface area (Å²) in [7, 11) is 1.12. The Morgan fingerprint density at radius 2 is 1.79 bits per heavy atom. The van der Waals surface area contributed by atoms with Crippen LogP contribution in [0.3, 0.4) is 0 Å². The van der Waals surface area contributed by atoms with Gasteiger partial charge in [0.1, 0.15) is 11.9 Å². The minimum Gasteiger partial charge on any atom is -0.467 e. The van der Waals surface area contributed by atoms with Gasteiger partial charge in [0.15, 0.2) is 0 Å². The molecule has 0 aromatic heterocycles. The molecule has 0 spiro atoms. The maximum absolute atomic E-state index is 13.0. The lowest BCUT2D eigenvalue weighted by atomic mass is 10.1. The van der Waals surface area contributed by atoms with Crippen molar-refractivity contribution in [3.8, 4) is 0 Å². The second kappa shape index (κ2) is 8.92. The number of nitrogens with one attached hydrogen (secondary N) is 2. The number of methoxy groups -OCH3 is 1. The minimum atomic E-state index is -4.69. The molecule has 1 unspecified atom stereocenters. The van der Waals surface area contributed by atoms with E-state index in [2.05, 4.69) is 15.4 Å². The van der Waals surface area contributed by atoms with Crippen molar-refractivity contribution in [2.24, 2.45) is 0 Å². The van der Waals surface area contributed by atoms with E-state index in [1.54, 1.807) is 0 Å². The standard InChI is InChI=1S/C18H15ClF4N2O3/c1-28-16(26)15(8-10-2-4-11(20)5-3-10)25-17(27)24-12-6-7-14(19)13(9-12)18(21,22)23/h2-7,9,15H,8H2,1H3,(H2,24,25,27). The van der Waals surface area contributed by atoms with Crippen LogP contribution in [0, 0.1) is 5.82 Å². The average molecular weight is 419 g/mol. The molecule has 10 heteroatoms. The lowest BCUT2D eigenvalue weighted by Gasteiger charge is -2.18. The maximum atomic E-state index is 13.0. The first-order valence-electron chi connectivity index (χ1n) is 7.86. The number of alkyl halides is 3. The number of halogens is 5. The zero-order valence-corrected chi connectivity index (χ0v) is 15.2. The number of hydrogen-bond acceptors (Lipinski definition) is 3. The molecule has 0 aliphatic carbocycles. The summed E-state index contributed by atoms with van der Waals surface area (Å²) >= 11 is 5.53. The van der Waals surface area contributed by atoms with E-state index in [0.29, 0.717) is 11.6 Å². The molecule has 0 heterocycles. The first kappa shape index (κ1) is 21.5. The number of ether oxygens (including phenoxy) is 1. The van der Waals surface area contributed by atoms with Crippen molar-refractivity contribution >= 4 is 29.3 Å². The predicted molar refractivity (Wildman–Crippen MR) is 94.5 cm³/mol. The normalized spacial score (nSPS) is 12.2. The van der Waals surface area contributed by atoms with Crippen LogP contribution in [0.1, 0.15) is 11.1 Å². The first-order chi connectivity index (χ1) is 13.1. The molecule has 2 rings (SSSR count). The number of carbonyl (C=O) groups excluding carboxylic acids is 2. The molecule has 0 saturated heterocycles. The van der Waals surface area contributed by atoms with Crippen LogP contribution in [-0.4, -0.2) is 25.2 Å². The van der Waals surface area contributed by atoms with Gasteiger partial charge in [-0.05, 0) is 35.9 Å². The molecule has 1 atom stereocenters. The number of benzene rings is 2. The van der Waals surface area contributed by atoms with E-state index in [1.807, 2.05) is 0 Å². The van der Waals surface area contributed by atoms with Crippen LogP contribution in [0.25, 0.3) is 0 Å². The molecule has 2 aromatic carbocycles. The Bertz CT molecular complexity index is 857. The molecule has 150 valence electrons. The number of carbonyl (C=O) groups is 2. The van der Waals surface area contributed by atoms with E-state index in [9.17, 15) is 27.2 Å². The van der Waals surface area contributed by atoms with Gasteiger partial charge in [-0.15, -0.1) is 0 Å². The molecule has 0 fully saturated rings. The fourth-order valence-corrected chi connectivity index (χ4v) is 2.56. The quantitative estimate of drug-likeness (QED) is 0.558. The number of amides is 2. The minimum absolute atomic E-state index is 0.00517. The van der Waals surface area contributed by atoms with E-state index in [1.165, 1.54) is 30.3 Å². The van der Waals surface area contributed by atoms with Gasteiger partial charge in [0.05, 0.1) is 17.7 Å². The Morgan fingerprint density at radius 1 is 1.14 bits per heavy atom. The molecule has 0 bridgehead atoms. The second-order valence-electron chi connectivity index (χ2n) is 5.70. The fourth-order valence-electron chi connectivity index (χ4n) is 2.34. The van der Waals surface area contributed by atoms with E-state index >= 15 is 0 Å². The Balaban J connectivity index is 2.11. The third-order valence-corrected chi connectivity index (χ3v) is 4.00. The van der Waals surface area contributed by atoms with Gasteiger partial charge in [0.25, 0.3) is 0 Å². The van der Waals surface area contributed by atoms with Gasteiger partial charge in [0, 0.05) is 12.1 Å². The summed E-state index contributed by atoms with van der Waals surface area (Å²) in [5.74, 6) is -1.24. The topological polar surface area (TPSA) is 67.4 Å². The monoisotopic (exact) mass is 418 g/mol. The molecular formula is C18H15ClF4N2O3. The average Bonchev–Trinajstić information content (AvgIpc) is 2.63. The van der Waals surface area contributed by atoms with Gasteiger partial charge in [-0.1, -0.05) is 23.7 Å². The Kier molecular flexibility index (Phi) is 6.85. The van der Waals surface area contributed by atoms with E-state index < -0.39 is 40.6 Å². The van der Waals surface area contributed by atoms with Crippen molar-refractivity contribution in [3.63, 3.8) is 0 Å². The molecule has 2 amide bonds. The third-order valence-electron chi connectivity index (χ3n) is 3.67. The lowest BCUT2D eigenvalue weighted by molar-refractivity contribution is -0.142. The smallest absolute Gasteiger partial charge is 0.417 e. The third kappa shape index (κ3) is 5.85. The van der Waals surface area contributed by atoms with Crippen LogP contribution in [0.15, 0.2) is 42.5 Å². The van der Waals surface area contributed by atoms with E-state index in [0.717, 1.165) is 13.2 Å². The van der Waals surface area contributed by atoms with Crippen molar-refractivity contribution in [2.75, 3.05) is 12.4 Å². The van der Waals surface area contributed by atoms with Crippen LogP contribution in [0.4, 0.5) is 28.0 Å². The Labute approximate surface area is 162 Å². The summed E-state index contributed by atoms with van der Waals surface area (Å²) in [5.41, 5.74) is -0.731. The summed E-state index contributed by atoms with van der Waals surface area (Å²) in [6.07, 6.45) is -4.70. The number of anilines is 1. The van der Waals surface area contributed by atoms with Gasteiger partial charge in [-0.2, -0.15) is 13.2 Å². The van der Waals surface area contributed by atoms with Crippen LogP contribution < -0.4 is 10.6 Å². The number of urea groups is 1. The van der Waals surface area contributed by atoms with Crippen LogP contribution in [0.2, 0.25) is 5.02 Å². The van der Waals surface area contributed by atoms with Gasteiger partial charge in [-0.3, -0.25) is 0 Å². The van der Waals surface area contributed by atoms with Crippen LogP contribution in [-0.2, 0) is 22.1 Å². The summed E-state index contributed by atoms with van der Waals surface area (Å²) < 4.78 is 56.3. The zero-order valence-electron chi connectivity index (χ0n) is 14.4. The molecule has 2 aromatic rings. The summed E-state index contributed by atoms with van der Waals surface area (Å²) in [6.45, 7) is 0. The maximum Gasteiger partial charge on any atom is 0.417 e. The highest BCUT2D eigenvalue weighted by molar-refractivity contribution is 6.31. The van der Waals surface area contributed by atoms with E-state index in [4.69, 9.17) is 11.6 Å². The molecule has 0 radical (unpaired) electrons. The van der Waals surface area contributed by atoms with Gasteiger partial charge >= 0.3 is 18.2 Å². The molecule has 28 heavy (non-hydrogen) atoms. The largest absolute Gasteiger partial charge is 0.467 e. The second-order valence-corrected chi connectivity index (χ2v) is 6.10. The number of hydrogen-bond donors (Lipinski definition) is 2. The highest BCUT2D eigenvalue weighted by atomic mass is 35.5. The fraction of sp³-hybridized carbons (Fsp3) is 0.222. The van der Waals surface area contributed by atoms with Crippen LogP contribution in [0.5, 0.6) is 0 Å². The Morgan fingerprint density at radius 3 is 2.36 bits per heavy atom. The van der Waals surface area contributed by atoms with Crippen molar-refractivity contribution < 1.29 is 31.9 Å². The van der Waals surface area contributed by atoms with Gasteiger partial charge in [-0.25, -0.2) is 14.0 Å². The number of rotatable bonds is 5. The first-order valence-corrected chi connectivity index (χ1v) is 8.24. The summed E-state index contributed by atoms with van der Waals surface area (Å²) in [4.78, 5) is 24.0. The van der Waals surface area contributed by atoms with Crippen LogP contribution >= 0.6 is 11.6 Å². The molecule has 0 aliphatic rings. The Hall–Kier alpha value is -2.81. The molecular weight excluding hydrogens is 404 g/mol. The van der Waals surface area contributed by atoms with E-state index in [-0.39, 0.29) is 12.1 Å². The van der Waals surface area contributed by atoms with Crippen molar-refractivity contribution in [1.29, 1.82) is 0 Å². The lowest BCUT2D eigenvalue weighted by Crippen LogP contribution is -2.45.